The lowest BCUT2D eigenvalue weighted by Crippen LogP contribution is -2.39. The van der Waals surface area contributed by atoms with E-state index in [1.807, 2.05) is 0 Å². The van der Waals surface area contributed by atoms with Crippen LogP contribution in [0.1, 0.15) is 38.5 Å². The first-order chi connectivity index (χ1) is 7.85. The van der Waals surface area contributed by atoms with E-state index in [2.05, 4.69) is 5.32 Å². The van der Waals surface area contributed by atoms with Gasteiger partial charge in [-0.3, -0.25) is 0 Å². The lowest BCUT2D eigenvalue weighted by Gasteiger charge is -2.24. The van der Waals surface area contributed by atoms with Crippen LogP contribution < -0.4 is 11.1 Å². The number of aliphatic hydroxyl groups excluding tert-OH is 1. The van der Waals surface area contributed by atoms with Crippen molar-refractivity contribution in [3.8, 4) is 0 Å². The van der Waals surface area contributed by atoms with Crippen LogP contribution in [-0.2, 0) is 0 Å². The van der Waals surface area contributed by atoms with Crippen LogP contribution in [-0.4, -0.2) is 30.8 Å². The normalized spacial score (nSPS) is 39.4. The third kappa shape index (κ3) is 2.76. The fourth-order valence-electron chi connectivity index (χ4n) is 3.51. The first kappa shape index (κ1) is 12.3. The van der Waals surface area contributed by atoms with Crippen LogP contribution in [0.4, 0.5) is 0 Å². The van der Waals surface area contributed by atoms with Gasteiger partial charge >= 0.3 is 0 Å². The Morgan fingerprint density at radius 1 is 1.00 bits per heavy atom. The van der Waals surface area contributed by atoms with Gasteiger partial charge in [0.15, 0.2) is 0 Å². The molecule has 0 aromatic carbocycles. The van der Waals surface area contributed by atoms with E-state index in [1.165, 1.54) is 38.5 Å². The van der Waals surface area contributed by atoms with Crippen molar-refractivity contribution in [1.29, 1.82) is 0 Å². The minimum Gasteiger partial charge on any atom is -0.396 e. The third-order valence-electron chi connectivity index (χ3n) is 4.66. The summed E-state index contributed by atoms with van der Waals surface area (Å²) in [4.78, 5) is 0. The van der Waals surface area contributed by atoms with Crippen LogP contribution in [0, 0.1) is 17.8 Å². The molecule has 2 aliphatic rings. The van der Waals surface area contributed by atoms with Crippen LogP contribution >= 0.6 is 0 Å². The third-order valence-corrected chi connectivity index (χ3v) is 4.66. The highest BCUT2D eigenvalue weighted by atomic mass is 16.3. The molecule has 16 heavy (non-hydrogen) atoms. The monoisotopic (exact) mass is 226 g/mol. The molecule has 94 valence electrons. The molecule has 2 rings (SSSR count). The van der Waals surface area contributed by atoms with Crippen molar-refractivity contribution < 1.29 is 5.11 Å². The maximum Gasteiger partial charge on any atom is 0.0462 e. The van der Waals surface area contributed by atoms with Crippen LogP contribution in [0.25, 0.3) is 0 Å². The molecule has 3 nitrogen and oxygen atoms in total. The van der Waals surface area contributed by atoms with Crippen molar-refractivity contribution in [2.75, 3.05) is 19.7 Å². The molecule has 2 fully saturated rings. The number of hydrogen-bond donors (Lipinski definition) is 3. The summed E-state index contributed by atoms with van der Waals surface area (Å²) >= 11 is 0. The molecule has 0 aromatic heterocycles. The van der Waals surface area contributed by atoms with Gasteiger partial charge in [0, 0.05) is 12.6 Å². The predicted molar refractivity (Wildman–Crippen MR) is 66.1 cm³/mol. The van der Waals surface area contributed by atoms with E-state index in [1.54, 1.807) is 0 Å². The summed E-state index contributed by atoms with van der Waals surface area (Å²) in [5.41, 5.74) is 5.78. The zero-order valence-corrected chi connectivity index (χ0v) is 10.2. The minimum absolute atomic E-state index is 0.372. The molecule has 0 saturated heterocycles. The van der Waals surface area contributed by atoms with E-state index in [0.29, 0.717) is 30.4 Å². The van der Waals surface area contributed by atoms with Crippen molar-refractivity contribution in [1.82, 2.24) is 5.32 Å². The molecule has 4 N–H and O–H groups in total. The molecular formula is C13H26N2O. The highest BCUT2D eigenvalue weighted by Gasteiger charge is 2.30. The summed E-state index contributed by atoms with van der Waals surface area (Å²) in [6, 6.07) is 0.643. The van der Waals surface area contributed by atoms with Gasteiger partial charge in [0.25, 0.3) is 0 Å². The first-order valence-corrected chi connectivity index (χ1v) is 6.89. The van der Waals surface area contributed by atoms with Crippen LogP contribution in [0.5, 0.6) is 0 Å². The lowest BCUT2D eigenvalue weighted by molar-refractivity contribution is 0.188. The molecule has 0 spiro atoms. The molecule has 0 bridgehead atoms. The smallest absolute Gasteiger partial charge is 0.0462 e. The van der Waals surface area contributed by atoms with Gasteiger partial charge in [0.1, 0.15) is 0 Å². The molecule has 0 amide bonds. The number of hydrogen-bond acceptors (Lipinski definition) is 3. The Hall–Kier alpha value is -0.120. The van der Waals surface area contributed by atoms with Gasteiger partial charge in [0.2, 0.25) is 0 Å². The van der Waals surface area contributed by atoms with Gasteiger partial charge in [-0.1, -0.05) is 12.8 Å². The Morgan fingerprint density at radius 2 is 1.69 bits per heavy atom. The van der Waals surface area contributed by atoms with Crippen molar-refractivity contribution in [2.24, 2.45) is 23.5 Å². The quantitative estimate of drug-likeness (QED) is 0.658. The van der Waals surface area contributed by atoms with Gasteiger partial charge in [-0.25, -0.2) is 0 Å². The Balaban J connectivity index is 1.74. The van der Waals surface area contributed by atoms with E-state index in [9.17, 15) is 5.11 Å². The van der Waals surface area contributed by atoms with E-state index in [-0.39, 0.29) is 0 Å². The zero-order chi connectivity index (χ0) is 11.4. The zero-order valence-electron chi connectivity index (χ0n) is 10.2. The Labute approximate surface area is 98.8 Å². The van der Waals surface area contributed by atoms with E-state index < -0.39 is 0 Å². The first-order valence-electron chi connectivity index (χ1n) is 6.89. The molecule has 4 unspecified atom stereocenters. The van der Waals surface area contributed by atoms with E-state index in [0.717, 1.165) is 13.1 Å². The van der Waals surface area contributed by atoms with Gasteiger partial charge in [-0.2, -0.15) is 0 Å². The minimum atomic E-state index is 0.372. The van der Waals surface area contributed by atoms with Crippen LogP contribution in [0.2, 0.25) is 0 Å². The summed E-state index contributed by atoms with van der Waals surface area (Å²) in [5.74, 6) is 1.93. The predicted octanol–water partition coefficient (Wildman–Crippen LogP) is 1.11. The van der Waals surface area contributed by atoms with Crippen LogP contribution in [0.3, 0.4) is 0 Å². The highest BCUT2D eigenvalue weighted by molar-refractivity contribution is 4.86. The molecule has 0 aliphatic heterocycles. The fourth-order valence-corrected chi connectivity index (χ4v) is 3.51. The maximum atomic E-state index is 9.28. The Morgan fingerprint density at radius 3 is 2.44 bits per heavy atom. The van der Waals surface area contributed by atoms with Gasteiger partial charge < -0.3 is 16.2 Å². The number of nitrogens with two attached hydrogens (primary N) is 1. The van der Waals surface area contributed by atoms with Crippen LogP contribution in [0.15, 0.2) is 0 Å². The van der Waals surface area contributed by atoms with Crippen molar-refractivity contribution in [2.45, 2.75) is 44.6 Å². The maximum absolute atomic E-state index is 9.28. The van der Waals surface area contributed by atoms with Gasteiger partial charge in [0.05, 0.1) is 0 Å². The van der Waals surface area contributed by atoms with Crippen molar-refractivity contribution in [3.63, 3.8) is 0 Å². The number of aliphatic hydroxyl groups is 1. The largest absolute Gasteiger partial charge is 0.396 e. The Kier molecular flexibility index (Phi) is 4.62. The average Bonchev–Trinajstić information content (AvgIpc) is 2.94. The Bertz CT molecular complexity index is 188. The molecule has 2 aliphatic carbocycles. The number of nitrogens with one attached hydrogen (secondary N) is 1. The lowest BCUT2D eigenvalue weighted by atomic mass is 9.95. The standard InChI is InChI=1S/C13H26N2O/c14-7-10-3-2-6-13(10)15-8-11-4-1-5-12(11)9-16/h10-13,15-16H,1-9,14H2. The van der Waals surface area contributed by atoms with E-state index in [4.69, 9.17) is 5.73 Å². The molecule has 0 heterocycles. The van der Waals surface area contributed by atoms with Crippen molar-refractivity contribution >= 4 is 0 Å². The van der Waals surface area contributed by atoms with E-state index >= 15 is 0 Å². The summed E-state index contributed by atoms with van der Waals surface area (Å²) in [6.07, 6.45) is 7.71. The van der Waals surface area contributed by atoms with Gasteiger partial charge in [-0.05, 0) is 56.5 Å². The second-order valence-corrected chi connectivity index (χ2v) is 5.58. The SMILES string of the molecule is NCC1CCCC1NCC1CCCC1CO. The average molecular weight is 226 g/mol. The summed E-state index contributed by atoms with van der Waals surface area (Å²) in [7, 11) is 0. The topological polar surface area (TPSA) is 58.3 Å². The number of rotatable bonds is 5. The summed E-state index contributed by atoms with van der Waals surface area (Å²) in [6.45, 7) is 2.29. The molecule has 0 aromatic rings. The summed E-state index contributed by atoms with van der Waals surface area (Å²) in [5, 5.41) is 13.0. The van der Waals surface area contributed by atoms with Gasteiger partial charge in [-0.15, -0.1) is 0 Å². The van der Waals surface area contributed by atoms with Crippen molar-refractivity contribution in [3.05, 3.63) is 0 Å². The summed E-state index contributed by atoms with van der Waals surface area (Å²) < 4.78 is 0. The second-order valence-electron chi connectivity index (χ2n) is 5.58. The molecule has 3 heteroatoms. The fraction of sp³-hybridized carbons (Fsp3) is 1.00. The molecule has 0 radical (unpaired) electrons. The highest BCUT2D eigenvalue weighted by Crippen LogP contribution is 2.31. The molecule has 4 atom stereocenters. The molecular weight excluding hydrogens is 200 g/mol. The second kappa shape index (κ2) is 5.99. The molecule has 2 saturated carbocycles.